The van der Waals surface area contributed by atoms with Crippen LogP contribution in [0.15, 0.2) is 146 Å². The lowest BCUT2D eigenvalue weighted by Crippen LogP contribution is -2.12. The topological polar surface area (TPSA) is 3.24 Å². The predicted molar refractivity (Wildman–Crippen MR) is 151 cm³/mol. The number of rotatable bonds is 3. The smallest absolute Gasteiger partial charge is 0.0540 e. The summed E-state index contributed by atoms with van der Waals surface area (Å²) in [5, 5.41) is 2.45. The molecular weight excluding hydrogens is 422 g/mol. The molecule has 1 nitrogen and oxygen atoms in total. The van der Waals surface area contributed by atoms with Crippen LogP contribution in [0.3, 0.4) is 0 Å². The number of hydrogen-bond donors (Lipinski definition) is 0. The maximum atomic E-state index is 4.35. The Balaban J connectivity index is 1.48. The summed E-state index contributed by atoms with van der Waals surface area (Å²) >= 11 is 0. The quantitative estimate of drug-likeness (QED) is 0.266. The highest BCUT2D eigenvalue weighted by Gasteiger charge is 2.17. The van der Waals surface area contributed by atoms with Gasteiger partial charge in [0, 0.05) is 17.1 Å². The summed E-state index contributed by atoms with van der Waals surface area (Å²) in [5.74, 6) is 0. The van der Waals surface area contributed by atoms with E-state index in [1.54, 1.807) is 0 Å². The van der Waals surface area contributed by atoms with Crippen LogP contribution in [0.4, 0.5) is 11.4 Å². The molecule has 1 heteroatoms. The van der Waals surface area contributed by atoms with Crippen molar-refractivity contribution in [3.8, 4) is 22.3 Å². The third-order valence-corrected chi connectivity index (χ3v) is 6.60. The zero-order chi connectivity index (χ0) is 23.6. The van der Waals surface area contributed by atoms with Crippen molar-refractivity contribution in [2.75, 3.05) is 4.90 Å². The summed E-state index contributed by atoms with van der Waals surface area (Å²) in [5.41, 5.74) is 9.23. The Morgan fingerprint density at radius 3 is 2.00 bits per heavy atom. The minimum Gasteiger partial charge on any atom is -0.316 e. The van der Waals surface area contributed by atoms with Crippen molar-refractivity contribution in [2.24, 2.45) is 0 Å². The van der Waals surface area contributed by atoms with E-state index in [0.29, 0.717) is 0 Å². The summed E-state index contributed by atoms with van der Waals surface area (Å²) in [6.07, 6.45) is 8.35. The monoisotopic (exact) mass is 447 g/mol. The summed E-state index contributed by atoms with van der Waals surface area (Å²) in [6.45, 7) is 4.35. The molecule has 166 valence electrons. The molecule has 0 amide bonds. The average molecular weight is 448 g/mol. The molecule has 0 atom stereocenters. The van der Waals surface area contributed by atoms with Crippen LogP contribution in [-0.2, 0) is 0 Å². The highest BCUT2D eigenvalue weighted by Crippen LogP contribution is 2.40. The van der Waals surface area contributed by atoms with Gasteiger partial charge in [-0.15, -0.1) is 0 Å². The molecule has 1 aliphatic rings. The number of anilines is 2. The van der Waals surface area contributed by atoms with Gasteiger partial charge in [0.2, 0.25) is 0 Å². The van der Waals surface area contributed by atoms with E-state index in [-0.39, 0.29) is 0 Å². The number of nitrogens with zero attached hydrogens (tertiary/aromatic N) is 1. The highest BCUT2D eigenvalue weighted by molar-refractivity contribution is 5.99. The van der Waals surface area contributed by atoms with Gasteiger partial charge in [-0.3, -0.25) is 0 Å². The molecule has 35 heavy (non-hydrogen) atoms. The molecule has 0 fully saturated rings. The number of allylic oxidation sites excluding steroid dienone is 4. The number of hydrogen-bond acceptors (Lipinski definition) is 1. The lowest BCUT2D eigenvalue weighted by Gasteiger charge is -2.27. The Bertz CT molecular complexity index is 1580. The third-order valence-electron chi connectivity index (χ3n) is 6.60. The first-order chi connectivity index (χ1) is 17.3. The van der Waals surface area contributed by atoms with Crippen LogP contribution in [-0.4, -0.2) is 0 Å². The van der Waals surface area contributed by atoms with E-state index in [1.807, 2.05) is 0 Å². The van der Waals surface area contributed by atoms with Gasteiger partial charge in [0.1, 0.15) is 0 Å². The van der Waals surface area contributed by atoms with Gasteiger partial charge in [0.15, 0.2) is 0 Å². The third kappa shape index (κ3) is 3.98. The largest absolute Gasteiger partial charge is 0.316 e. The van der Waals surface area contributed by atoms with Gasteiger partial charge in [0.05, 0.1) is 11.4 Å². The fraction of sp³-hybridized carbons (Fsp3) is 0. The van der Waals surface area contributed by atoms with E-state index >= 15 is 0 Å². The van der Waals surface area contributed by atoms with Crippen LogP contribution in [0, 0.1) is 0 Å². The normalized spacial score (nSPS) is 14.7. The fourth-order valence-electron chi connectivity index (χ4n) is 4.77. The van der Waals surface area contributed by atoms with Gasteiger partial charge >= 0.3 is 0 Å². The maximum Gasteiger partial charge on any atom is 0.0540 e. The lowest BCUT2D eigenvalue weighted by atomic mass is 9.95. The minimum absolute atomic E-state index is 1.00. The molecule has 6 rings (SSSR count). The molecule has 0 aliphatic carbocycles. The van der Waals surface area contributed by atoms with Crippen LogP contribution in [0.2, 0.25) is 0 Å². The van der Waals surface area contributed by atoms with Gasteiger partial charge in [-0.2, -0.15) is 0 Å². The highest BCUT2D eigenvalue weighted by atomic mass is 15.1. The molecule has 5 aromatic carbocycles. The molecule has 1 heterocycles. The molecule has 0 N–H and O–H groups in total. The van der Waals surface area contributed by atoms with E-state index < -0.39 is 0 Å². The van der Waals surface area contributed by atoms with Crippen LogP contribution >= 0.6 is 0 Å². The van der Waals surface area contributed by atoms with Gasteiger partial charge in [-0.1, -0.05) is 122 Å². The molecule has 0 saturated heterocycles. The first-order valence-electron chi connectivity index (χ1n) is 11.9. The number of benzene rings is 5. The molecule has 0 unspecified atom stereocenters. The maximum absolute atomic E-state index is 4.35. The molecule has 5 aromatic rings. The van der Waals surface area contributed by atoms with Crippen LogP contribution in [0.1, 0.15) is 5.56 Å². The Morgan fingerprint density at radius 1 is 0.514 bits per heavy atom. The van der Waals surface area contributed by atoms with Crippen molar-refractivity contribution >= 4 is 27.7 Å². The van der Waals surface area contributed by atoms with E-state index in [2.05, 4.69) is 151 Å². The Kier molecular flexibility index (Phi) is 5.37. The minimum atomic E-state index is 1.00. The SMILES string of the molecule is C=C1/C=C\C=C/N(c2cccc3ccccc23)c2cc(-c3ccc(-c4ccccc4)cc3)ccc21. The van der Waals surface area contributed by atoms with Crippen molar-refractivity contribution in [3.63, 3.8) is 0 Å². The molecule has 1 aliphatic heterocycles. The molecule has 0 aromatic heterocycles. The van der Waals surface area contributed by atoms with E-state index in [0.717, 1.165) is 22.5 Å². The summed E-state index contributed by atoms with van der Waals surface area (Å²) in [6, 6.07) is 41.0. The van der Waals surface area contributed by atoms with Crippen molar-refractivity contribution < 1.29 is 0 Å². The van der Waals surface area contributed by atoms with Gasteiger partial charge in [0.25, 0.3) is 0 Å². The summed E-state index contributed by atoms with van der Waals surface area (Å²) < 4.78 is 0. The van der Waals surface area contributed by atoms with Crippen molar-refractivity contribution in [2.45, 2.75) is 0 Å². The number of fused-ring (bicyclic) bond motifs is 2. The van der Waals surface area contributed by atoms with Gasteiger partial charge in [-0.05, 0) is 51.4 Å². The Hall–Kier alpha value is -4.62. The van der Waals surface area contributed by atoms with E-state index in [1.165, 1.54) is 33.0 Å². The standard InChI is InChI=1S/C34H25N/c1-25-10-7-8-23-35(33-16-9-14-29-13-5-6-15-32(29)33)34-24-30(21-22-31(25)34)28-19-17-27(18-20-28)26-11-3-2-4-12-26/h2-24H,1H2/b10-7-,23-8-. The molecule has 0 radical (unpaired) electrons. The lowest BCUT2D eigenvalue weighted by molar-refractivity contribution is 1.28. The van der Waals surface area contributed by atoms with E-state index in [4.69, 9.17) is 0 Å². The second kappa shape index (κ2) is 8.96. The zero-order valence-corrected chi connectivity index (χ0v) is 19.4. The van der Waals surface area contributed by atoms with Crippen molar-refractivity contribution in [3.05, 3.63) is 152 Å². The van der Waals surface area contributed by atoms with E-state index in [9.17, 15) is 0 Å². The Labute approximate surface area is 206 Å². The Morgan fingerprint density at radius 2 is 1.17 bits per heavy atom. The van der Waals surface area contributed by atoms with Gasteiger partial charge < -0.3 is 4.90 Å². The average Bonchev–Trinajstić information content (AvgIpc) is 2.92. The second-order valence-electron chi connectivity index (χ2n) is 8.77. The summed E-state index contributed by atoms with van der Waals surface area (Å²) in [7, 11) is 0. The van der Waals surface area contributed by atoms with Crippen molar-refractivity contribution in [1.29, 1.82) is 0 Å². The van der Waals surface area contributed by atoms with Crippen LogP contribution in [0.25, 0.3) is 38.6 Å². The predicted octanol–water partition coefficient (Wildman–Crippen LogP) is 9.41. The van der Waals surface area contributed by atoms with Gasteiger partial charge in [-0.25, -0.2) is 0 Å². The molecule has 0 saturated carbocycles. The second-order valence-corrected chi connectivity index (χ2v) is 8.77. The van der Waals surface area contributed by atoms with Crippen molar-refractivity contribution in [1.82, 2.24) is 0 Å². The fourth-order valence-corrected chi connectivity index (χ4v) is 4.77. The molecule has 0 spiro atoms. The summed E-state index contributed by atoms with van der Waals surface area (Å²) in [4.78, 5) is 2.29. The molecule has 0 bridgehead atoms. The first kappa shape index (κ1) is 20.9. The zero-order valence-electron chi connectivity index (χ0n) is 19.4. The molecular formula is C34H25N. The van der Waals surface area contributed by atoms with Crippen LogP contribution in [0.5, 0.6) is 0 Å². The van der Waals surface area contributed by atoms with Crippen LogP contribution < -0.4 is 4.90 Å². The first-order valence-corrected chi connectivity index (χ1v) is 11.9.